The fourth-order valence-corrected chi connectivity index (χ4v) is 2.06. The van der Waals surface area contributed by atoms with Crippen LogP contribution in [0.2, 0.25) is 0 Å². The van der Waals surface area contributed by atoms with Gasteiger partial charge in [0.1, 0.15) is 0 Å². The zero-order valence-electron chi connectivity index (χ0n) is 14.7. The second-order valence-electron chi connectivity index (χ2n) is 5.43. The topological polar surface area (TPSA) is 125 Å². The number of carboxylic acids is 1. The van der Waals surface area contributed by atoms with E-state index >= 15 is 0 Å². The summed E-state index contributed by atoms with van der Waals surface area (Å²) in [5, 5.41) is 13.5. The summed E-state index contributed by atoms with van der Waals surface area (Å²) in [4.78, 5) is 23.9. The van der Waals surface area contributed by atoms with Crippen LogP contribution in [0.5, 0.6) is 0 Å². The standard InChI is InChI=1S/C16H24N4O3.Na/c1-10(16(18)23)15(19-8-4-5-14(21)22)12-7-6-11(20(2)3)9-13(12)17;/h6-7,9,19H,4-5,8,17H2,1-3H3,(H2,18,23)(H,21,22);/q;+1/p-1. The molecule has 0 fully saturated rings. The van der Waals surface area contributed by atoms with Gasteiger partial charge in [-0.2, -0.15) is 0 Å². The molecule has 0 saturated carbocycles. The van der Waals surface area contributed by atoms with Crippen LogP contribution in [0.1, 0.15) is 25.3 Å². The van der Waals surface area contributed by atoms with Crippen molar-refractivity contribution in [3.8, 4) is 0 Å². The second kappa shape index (κ2) is 10.2. The number of hydrogen-bond acceptors (Lipinski definition) is 6. The maximum Gasteiger partial charge on any atom is 1.00 e. The van der Waals surface area contributed by atoms with Crippen LogP contribution in [-0.2, 0) is 9.59 Å². The largest absolute Gasteiger partial charge is 1.00 e. The van der Waals surface area contributed by atoms with E-state index in [0.717, 1.165) is 5.69 Å². The van der Waals surface area contributed by atoms with Gasteiger partial charge in [0.2, 0.25) is 5.91 Å². The molecule has 0 atom stereocenters. The Morgan fingerprint density at radius 2 is 1.92 bits per heavy atom. The average molecular weight is 342 g/mol. The maximum atomic E-state index is 11.5. The molecule has 0 unspecified atom stereocenters. The van der Waals surface area contributed by atoms with Crippen LogP contribution in [0, 0.1) is 0 Å². The number of nitrogens with zero attached hydrogens (tertiary/aromatic N) is 1. The predicted molar refractivity (Wildman–Crippen MR) is 89.2 cm³/mol. The number of nitrogens with one attached hydrogen (secondary N) is 1. The first-order valence-corrected chi connectivity index (χ1v) is 7.25. The quantitative estimate of drug-likeness (QED) is 0.196. The molecule has 0 aliphatic rings. The Bertz CT molecular complexity index is 630. The normalized spacial score (nSPS) is 11.1. The van der Waals surface area contributed by atoms with Gasteiger partial charge in [0.15, 0.2) is 0 Å². The summed E-state index contributed by atoms with van der Waals surface area (Å²) < 4.78 is 0. The van der Waals surface area contributed by atoms with Gasteiger partial charge in [-0.15, -0.1) is 0 Å². The van der Waals surface area contributed by atoms with Crippen molar-refractivity contribution in [2.45, 2.75) is 19.8 Å². The number of carbonyl (C=O) groups is 2. The van der Waals surface area contributed by atoms with E-state index in [1.807, 2.05) is 25.1 Å². The van der Waals surface area contributed by atoms with Gasteiger partial charge in [0.25, 0.3) is 0 Å². The van der Waals surface area contributed by atoms with E-state index in [2.05, 4.69) is 5.32 Å². The third kappa shape index (κ3) is 6.43. The molecule has 0 radical (unpaired) electrons. The van der Waals surface area contributed by atoms with E-state index in [1.165, 1.54) is 0 Å². The zero-order valence-corrected chi connectivity index (χ0v) is 16.7. The van der Waals surface area contributed by atoms with Crippen LogP contribution in [0.4, 0.5) is 11.4 Å². The summed E-state index contributed by atoms with van der Waals surface area (Å²) in [6, 6.07) is 5.48. The van der Waals surface area contributed by atoms with Gasteiger partial charge in [-0.25, -0.2) is 0 Å². The fourth-order valence-electron chi connectivity index (χ4n) is 2.06. The number of nitrogen functional groups attached to an aromatic ring is 1. The number of rotatable bonds is 8. The summed E-state index contributed by atoms with van der Waals surface area (Å²) in [5.74, 6) is -1.68. The molecule has 0 saturated heterocycles. The molecule has 0 aliphatic carbocycles. The number of primary amides is 1. The number of aliphatic carboxylic acids is 1. The molecule has 8 heteroatoms. The number of benzene rings is 1. The Labute approximate surface area is 164 Å². The van der Waals surface area contributed by atoms with Gasteiger partial charge < -0.3 is 31.6 Å². The minimum Gasteiger partial charge on any atom is -0.550 e. The first kappa shape index (κ1) is 22.3. The van der Waals surface area contributed by atoms with E-state index in [0.29, 0.717) is 35.5 Å². The van der Waals surface area contributed by atoms with Gasteiger partial charge in [0.05, 0.1) is 5.70 Å². The van der Waals surface area contributed by atoms with Gasteiger partial charge in [-0.05, 0) is 38.0 Å². The predicted octanol–water partition coefficient (Wildman–Crippen LogP) is -3.33. The molecule has 0 aromatic heterocycles. The summed E-state index contributed by atoms with van der Waals surface area (Å²) in [7, 11) is 3.80. The molecule has 7 nitrogen and oxygen atoms in total. The van der Waals surface area contributed by atoms with Crippen molar-refractivity contribution in [2.75, 3.05) is 31.3 Å². The summed E-state index contributed by atoms with van der Waals surface area (Å²) in [6.07, 6.45) is 0.304. The maximum absolute atomic E-state index is 11.5. The average Bonchev–Trinajstić information content (AvgIpc) is 2.46. The molecular weight excluding hydrogens is 319 g/mol. The molecule has 1 aromatic carbocycles. The zero-order chi connectivity index (χ0) is 17.6. The van der Waals surface area contributed by atoms with Crippen LogP contribution in [0.3, 0.4) is 0 Å². The van der Waals surface area contributed by atoms with Crippen LogP contribution in [0.25, 0.3) is 5.70 Å². The van der Waals surface area contributed by atoms with E-state index in [9.17, 15) is 14.7 Å². The van der Waals surface area contributed by atoms with Crippen molar-refractivity contribution in [2.24, 2.45) is 5.73 Å². The molecule has 0 spiro atoms. The van der Waals surface area contributed by atoms with Crippen molar-refractivity contribution in [1.82, 2.24) is 5.32 Å². The van der Waals surface area contributed by atoms with Crippen molar-refractivity contribution in [3.63, 3.8) is 0 Å². The van der Waals surface area contributed by atoms with E-state index in [1.54, 1.807) is 19.1 Å². The second-order valence-corrected chi connectivity index (χ2v) is 5.43. The number of carboxylic acid groups (broad SMARTS) is 1. The van der Waals surface area contributed by atoms with Crippen molar-refractivity contribution in [1.29, 1.82) is 0 Å². The van der Waals surface area contributed by atoms with Crippen LogP contribution in [-0.4, -0.2) is 32.5 Å². The Balaban J connectivity index is 0.00000529. The summed E-state index contributed by atoms with van der Waals surface area (Å²) >= 11 is 0. The third-order valence-corrected chi connectivity index (χ3v) is 3.42. The molecule has 1 amide bonds. The molecule has 126 valence electrons. The first-order chi connectivity index (χ1) is 10.7. The first-order valence-electron chi connectivity index (χ1n) is 7.25. The van der Waals surface area contributed by atoms with Crippen LogP contribution >= 0.6 is 0 Å². The minimum absolute atomic E-state index is 0. The molecule has 24 heavy (non-hydrogen) atoms. The molecule has 1 rings (SSSR count). The molecule has 0 bridgehead atoms. The van der Waals surface area contributed by atoms with E-state index in [4.69, 9.17) is 11.5 Å². The summed E-state index contributed by atoms with van der Waals surface area (Å²) in [5.41, 5.74) is 14.4. The van der Waals surface area contributed by atoms with Gasteiger partial charge in [0, 0.05) is 49.1 Å². The Morgan fingerprint density at radius 3 is 2.38 bits per heavy atom. The van der Waals surface area contributed by atoms with E-state index in [-0.39, 0.29) is 36.0 Å². The molecule has 5 N–H and O–H groups in total. The number of amides is 1. The molecular formula is C16H23N4NaO3. The minimum atomic E-state index is -1.11. The monoisotopic (exact) mass is 342 g/mol. The van der Waals surface area contributed by atoms with Gasteiger partial charge >= 0.3 is 29.6 Å². The van der Waals surface area contributed by atoms with Crippen molar-refractivity contribution >= 4 is 28.9 Å². The number of hydrogen-bond donors (Lipinski definition) is 3. The number of nitrogens with two attached hydrogens (primary N) is 2. The Hall–Kier alpha value is -1.70. The van der Waals surface area contributed by atoms with Gasteiger partial charge in [-0.1, -0.05) is 0 Å². The van der Waals surface area contributed by atoms with Gasteiger partial charge in [-0.3, -0.25) is 4.79 Å². The third-order valence-electron chi connectivity index (χ3n) is 3.42. The molecule has 0 heterocycles. The number of anilines is 2. The molecule has 0 aliphatic heterocycles. The van der Waals surface area contributed by atoms with Crippen LogP contribution in [0.15, 0.2) is 23.8 Å². The van der Waals surface area contributed by atoms with Crippen LogP contribution < -0.4 is 56.3 Å². The van der Waals surface area contributed by atoms with E-state index < -0.39 is 11.9 Å². The Kier molecular flexibility index (Phi) is 9.50. The van der Waals surface area contributed by atoms with Crippen molar-refractivity contribution in [3.05, 3.63) is 29.3 Å². The number of carbonyl (C=O) groups excluding carboxylic acids is 2. The smallest absolute Gasteiger partial charge is 0.550 e. The Morgan fingerprint density at radius 1 is 1.29 bits per heavy atom. The SMILES string of the molecule is CC(C(N)=O)=C(NCCCC(=O)[O-])c1ccc(N(C)C)cc1N.[Na+]. The van der Waals surface area contributed by atoms with Crippen molar-refractivity contribution < 1.29 is 44.3 Å². The fraction of sp³-hybridized carbons (Fsp3) is 0.375. The summed E-state index contributed by atoms with van der Waals surface area (Å²) in [6.45, 7) is 1.96. The molecule has 1 aromatic rings.